The Kier molecular flexibility index (Phi) is 10.3. The molecule has 0 saturated carbocycles. The lowest BCUT2D eigenvalue weighted by Gasteiger charge is -2.23. The van der Waals surface area contributed by atoms with Crippen molar-refractivity contribution in [2.75, 3.05) is 0 Å². The molecule has 1 aromatic rings. The van der Waals surface area contributed by atoms with E-state index in [0.29, 0.717) is 6.42 Å². The normalized spacial score (nSPS) is 12.1. The van der Waals surface area contributed by atoms with Gasteiger partial charge in [0.05, 0.1) is 0 Å². The third kappa shape index (κ3) is 10.7. The number of benzene rings is 1. The van der Waals surface area contributed by atoms with Crippen LogP contribution < -0.4 is 5.32 Å². The van der Waals surface area contributed by atoms with Crippen molar-refractivity contribution in [3.8, 4) is 0 Å². The monoisotopic (exact) mass is 391 g/mol. The number of esters is 1. The van der Waals surface area contributed by atoms with Gasteiger partial charge in [0.1, 0.15) is 24.0 Å². The second kappa shape index (κ2) is 12.2. The number of ketones is 1. The van der Waals surface area contributed by atoms with Crippen LogP contribution in [0.15, 0.2) is 30.3 Å². The molecule has 0 unspecified atom stereocenters. The molecule has 1 rings (SSSR count). The van der Waals surface area contributed by atoms with E-state index in [-0.39, 0.29) is 25.2 Å². The zero-order valence-corrected chi connectivity index (χ0v) is 17.5. The molecule has 0 aliphatic rings. The van der Waals surface area contributed by atoms with Gasteiger partial charge in [-0.1, -0.05) is 50.1 Å². The lowest BCUT2D eigenvalue weighted by Crippen LogP contribution is -2.44. The van der Waals surface area contributed by atoms with E-state index in [4.69, 9.17) is 9.47 Å². The number of nitrogens with one attached hydrogen (secondary N) is 1. The standard InChI is InChI=1S/C22H33NO5/c1-5-6-8-13-18(24)14-15-19(23-21(26)28-22(2,3)4)20(25)27-16-17-11-9-7-10-12-17/h7,9-12,19H,5-6,8,13-16H2,1-4H3,(H,23,26)/t19-/m0/s1. The fraction of sp³-hybridized carbons (Fsp3) is 0.591. The third-order valence-corrected chi connectivity index (χ3v) is 3.97. The second-order valence-corrected chi connectivity index (χ2v) is 7.83. The number of unbranched alkanes of at least 4 members (excludes halogenated alkanes) is 2. The summed E-state index contributed by atoms with van der Waals surface area (Å²) in [6, 6.07) is 8.36. The van der Waals surface area contributed by atoms with Gasteiger partial charge in [0.15, 0.2) is 0 Å². The maximum atomic E-state index is 12.5. The number of amides is 1. The fourth-order valence-corrected chi connectivity index (χ4v) is 2.53. The number of Topliss-reactive ketones (excluding diaryl/α,β-unsaturated/α-hetero) is 1. The summed E-state index contributed by atoms with van der Waals surface area (Å²) in [7, 11) is 0. The Labute approximate surface area is 168 Å². The highest BCUT2D eigenvalue weighted by atomic mass is 16.6. The van der Waals surface area contributed by atoms with Crippen LogP contribution in [0.25, 0.3) is 0 Å². The summed E-state index contributed by atoms with van der Waals surface area (Å²) in [5.74, 6) is -0.489. The van der Waals surface area contributed by atoms with E-state index in [1.54, 1.807) is 20.8 Å². The first-order chi connectivity index (χ1) is 13.2. The van der Waals surface area contributed by atoms with Gasteiger partial charge in [-0.2, -0.15) is 0 Å². The van der Waals surface area contributed by atoms with Crippen molar-refractivity contribution in [2.24, 2.45) is 0 Å². The van der Waals surface area contributed by atoms with Crippen molar-refractivity contribution in [3.05, 3.63) is 35.9 Å². The first kappa shape index (κ1) is 23.7. The SMILES string of the molecule is CCCCCC(=O)CC[C@H](NC(=O)OC(C)(C)C)C(=O)OCc1ccccc1. The second-order valence-electron chi connectivity index (χ2n) is 7.83. The van der Waals surface area contributed by atoms with Crippen LogP contribution in [0.4, 0.5) is 4.79 Å². The smallest absolute Gasteiger partial charge is 0.408 e. The largest absolute Gasteiger partial charge is 0.459 e. The van der Waals surface area contributed by atoms with E-state index < -0.39 is 23.7 Å². The molecule has 1 aromatic carbocycles. The van der Waals surface area contributed by atoms with Gasteiger partial charge in [0.25, 0.3) is 0 Å². The molecule has 0 radical (unpaired) electrons. The number of carbonyl (C=O) groups excluding carboxylic acids is 3. The molecule has 6 nitrogen and oxygen atoms in total. The van der Waals surface area contributed by atoms with Gasteiger partial charge in [-0.05, 0) is 39.2 Å². The Morgan fingerprint density at radius 3 is 2.32 bits per heavy atom. The van der Waals surface area contributed by atoms with Gasteiger partial charge in [-0.3, -0.25) is 4.79 Å². The summed E-state index contributed by atoms with van der Waals surface area (Å²) >= 11 is 0. The molecule has 1 atom stereocenters. The van der Waals surface area contributed by atoms with E-state index in [2.05, 4.69) is 12.2 Å². The molecule has 1 N–H and O–H groups in total. The highest BCUT2D eigenvalue weighted by Crippen LogP contribution is 2.11. The lowest BCUT2D eigenvalue weighted by molar-refractivity contribution is -0.147. The molecule has 28 heavy (non-hydrogen) atoms. The van der Waals surface area contributed by atoms with Crippen molar-refractivity contribution in [2.45, 2.75) is 84.5 Å². The average Bonchev–Trinajstić information content (AvgIpc) is 2.62. The lowest BCUT2D eigenvalue weighted by atomic mass is 10.0. The number of rotatable bonds is 11. The molecule has 0 aliphatic heterocycles. The first-order valence-electron chi connectivity index (χ1n) is 9.93. The summed E-state index contributed by atoms with van der Waals surface area (Å²) in [6.07, 6.45) is 3.09. The van der Waals surface area contributed by atoms with E-state index >= 15 is 0 Å². The van der Waals surface area contributed by atoms with Crippen molar-refractivity contribution in [1.82, 2.24) is 5.32 Å². The van der Waals surface area contributed by atoms with Gasteiger partial charge >= 0.3 is 12.1 Å². The Morgan fingerprint density at radius 1 is 1.04 bits per heavy atom. The number of ether oxygens (including phenoxy) is 2. The maximum absolute atomic E-state index is 12.5. The Balaban J connectivity index is 2.63. The number of carbonyl (C=O) groups is 3. The molecular formula is C22H33NO5. The van der Waals surface area contributed by atoms with Gasteiger partial charge < -0.3 is 14.8 Å². The van der Waals surface area contributed by atoms with Crippen LogP contribution in [0.2, 0.25) is 0 Å². The maximum Gasteiger partial charge on any atom is 0.408 e. The third-order valence-electron chi connectivity index (χ3n) is 3.97. The minimum Gasteiger partial charge on any atom is -0.459 e. The molecule has 156 valence electrons. The molecule has 0 saturated heterocycles. The topological polar surface area (TPSA) is 81.7 Å². The molecule has 0 aromatic heterocycles. The van der Waals surface area contributed by atoms with Crippen LogP contribution in [-0.2, 0) is 25.7 Å². The summed E-state index contributed by atoms with van der Waals surface area (Å²) in [5.41, 5.74) is 0.168. The minimum absolute atomic E-state index is 0.0836. The molecule has 0 fully saturated rings. The van der Waals surface area contributed by atoms with E-state index in [1.165, 1.54) is 0 Å². The minimum atomic E-state index is -0.923. The summed E-state index contributed by atoms with van der Waals surface area (Å²) in [4.78, 5) is 36.6. The van der Waals surface area contributed by atoms with Crippen molar-refractivity contribution in [1.29, 1.82) is 0 Å². The molecular weight excluding hydrogens is 358 g/mol. The zero-order chi connectivity index (χ0) is 21.0. The van der Waals surface area contributed by atoms with Crippen LogP contribution in [0, 0.1) is 0 Å². The van der Waals surface area contributed by atoms with Crippen LogP contribution in [0.5, 0.6) is 0 Å². The summed E-state index contributed by atoms with van der Waals surface area (Å²) in [6.45, 7) is 7.41. The quantitative estimate of drug-likeness (QED) is 0.442. The molecule has 6 heteroatoms. The van der Waals surface area contributed by atoms with Gasteiger partial charge in [0, 0.05) is 12.8 Å². The van der Waals surface area contributed by atoms with Crippen molar-refractivity contribution < 1.29 is 23.9 Å². The number of hydrogen-bond donors (Lipinski definition) is 1. The van der Waals surface area contributed by atoms with Gasteiger partial charge in [0.2, 0.25) is 0 Å². The van der Waals surface area contributed by atoms with Gasteiger partial charge in [-0.15, -0.1) is 0 Å². The van der Waals surface area contributed by atoms with Crippen molar-refractivity contribution in [3.63, 3.8) is 0 Å². The van der Waals surface area contributed by atoms with Crippen molar-refractivity contribution >= 4 is 17.8 Å². The number of hydrogen-bond acceptors (Lipinski definition) is 5. The molecule has 0 aliphatic carbocycles. The zero-order valence-electron chi connectivity index (χ0n) is 17.5. The highest BCUT2D eigenvalue weighted by molar-refractivity contribution is 5.83. The highest BCUT2D eigenvalue weighted by Gasteiger charge is 2.26. The van der Waals surface area contributed by atoms with Crippen LogP contribution in [-0.4, -0.2) is 29.5 Å². The predicted molar refractivity (Wildman–Crippen MR) is 108 cm³/mol. The van der Waals surface area contributed by atoms with E-state index in [0.717, 1.165) is 24.8 Å². The average molecular weight is 392 g/mol. The summed E-state index contributed by atoms with van der Waals surface area (Å²) < 4.78 is 10.6. The predicted octanol–water partition coefficient (Wildman–Crippen LogP) is 4.55. The van der Waals surface area contributed by atoms with Crippen LogP contribution in [0.3, 0.4) is 0 Å². The first-order valence-corrected chi connectivity index (χ1v) is 9.93. The summed E-state index contributed by atoms with van der Waals surface area (Å²) in [5, 5.41) is 2.54. The Hall–Kier alpha value is -2.37. The van der Waals surface area contributed by atoms with E-state index in [1.807, 2.05) is 30.3 Å². The molecule has 1 amide bonds. The number of alkyl carbamates (subject to hydrolysis) is 1. The Bertz CT molecular complexity index is 622. The fourth-order valence-electron chi connectivity index (χ4n) is 2.53. The molecule has 0 heterocycles. The Morgan fingerprint density at radius 2 is 1.71 bits per heavy atom. The van der Waals surface area contributed by atoms with E-state index in [9.17, 15) is 14.4 Å². The van der Waals surface area contributed by atoms with Crippen LogP contribution >= 0.6 is 0 Å². The van der Waals surface area contributed by atoms with Crippen LogP contribution in [0.1, 0.15) is 71.8 Å². The molecule has 0 spiro atoms. The molecule has 0 bridgehead atoms. The van der Waals surface area contributed by atoms with Gasteiger partial charge in [-0.25, -0.2) is 9.59 Å².